The first-order valence-electron chi connectivity index (χ1n) is 7.49. The maximum Gasteiger partial charge on any atom is 0.119 e. The van der Waals surface area contributed by atoms with Crippen molar-refractivity contribution in [3.63, 3.8) is 0 Å². The average Bonchev–Trinajstić information content (AvgIpc) is 2.47. The minimum absolute atomic E-state index is 0.790. The first-order valence-corrected chi connectivity index (χ1v) is 7.49. The van der Waals surface area contributed by atoms with Crippen LogP contribution >= 0.6 is 0 Å². The second kappa shape index (κ2) is 8.18. The average molecular weight is 262 g/mol. The lowest BCUT2D eigenvalue weighted by atomic mass is 9.98. The topological polar surface area (TPSA) is 24.5 Å². The van der Waals surface area contributed by atoms with Crippen LogP contribution in [0.15, 0.2) is 30.3 Å². The maximum atomic E-state index is 5.77. The molecule has 0 aromatic heterocycles. The van der Waals surface area contributed by atoms with Gasteiger partial charge < -0.3 is 10.1 Å². The molecule has 1 aliphatic heterocycles. The second-order valence-corrected chi connectivity index (χ2v) is 5.28. The van der Waals surface area contributed by atoms with Crippen molar-refractivity contribution < 1.29 is 4.74 Å². The lowest BCUT2D eigenvalue weighted by Gasteiger charge is -2.32. The molecule has 1 atom stereocenters. The minimum atomic E-state index is 0.790. The van der Waals surface area contributed by atoms with Crippen molar-refractivity contribution in [3.8, 4) is 5.75 Å². The Morgan fingerprint density at radius 1 is 1.32 bits per heavy atom. The smallest absolute Gasteiger partial charge is 0.119 e. The van der Waals surface area contributed by atoms with Crippen LogP contribution in [0, 0.1) is 5.92 Å². The molecule has 1 aromatic carbocycles. The van der Waals surface area contributed by atoms with Gasteiger partial charge in [0.2, 0.25) is 0 Å². The molecule has 1 unspecified atom stereocenters. The predicted molar refractivity (Wildman–Crippen MR) is 79.6 cm³/mol. The summed E-state index contributed by atoms with van der Waals surface area (Å²) in [4.78, 5) is 2.54. The lowest BCUT2D eigenvalue weighted by molar-refractivity contribution is 0.146. The summed E-state index contributed by atoms with van der Waals surface area (Å²) in [5.74, 6) is 1.79. The van der Waals surface area contributed by atoms with Gasteiger partial charge in [-0.1, -0.05) is 25.1 Å². The molecule has 1 aliphatic rings. The number of para-hydroxylation sites is 1. The zero-order chi connectivity index (χ0) is 13.3. The summed E-state index contributed by atoms with van der Waals surface area (Å²) in [7, 11) is 0. The molecule has 1 heterocycles. The van der Waals surface area contributed by atoms with Crippen molar-refractivity contribution in [1.82, 2.24) is 10.2 Å². The van der Waals surface area contributed by atoms with E-state index in [1.165, 1.54) is 25.9 Å². The number of likely N-dealkylation sites (tertiary alicyclic amines) is 1. The van der Waals surface area contributed by atoms with E-state index in [4.69, 9.17) is 4.74 Å². The molecule has 19 heavy (non-hydrogen) atoms. The molecule has 3 heteroatoms. The number of nitrogens with one attached hydrogen (secondary N) is 1. The first kappa shape index (κ1) is 14.4. The highest BCUT2D eigenvalue weighted by molar-refractivity contribution is 5.20. The number of hydrogen-bond acceptors (Lipinski definition) is 3. The van der Waals surface area contributed by atoms with Crippen LogP contribution in [0.2, 0.25) is 0 Å². The standard InChI is InChI=1S/C16H26N2O/c1-2-17-13-15-7-6-10-18(14-15)11-12-19-16-8-4-3-5-9-16/h3-5,8-9,15,17H,2,6-7,10-14H2,1H3. The molecular weight excluding hydrogens is 236 g/mol. The Bertz CT molecular complexity index is 342. The lowest BCUT2D eigenvalue weighted by Crippen LogP contribution is -2.41. The monoisotopic (exact) mass is 262 g/mol. The van der Waals surface area contributed by atoms with Crippen LogP contribution in [0.25, 0.3) is 0 Å². The Morgan fingerprint density at radius 2 is 2.16 bits per heavy atom. The van der Waals surface area contributed by atoms with Gasteiger partial charge in [-0.3, -0.25) is 4.90 Å². The SMILES string of the molecule is CCNCC1CCCN(CCOc2ccccc2)C1. The minimum Gasteiger partial charge on any atom is -0.492 e. The van der Waals surface area contributed by atoms with E-state index >= 15 is 0 Å². The van der Waals surface area contributed by atoms with E-state index in [1.807, 2.05) is 30.3 Å². The zero-order valence-corrected chi connectivity index (χ0v) is 12.0. The van der Waals surface area contributed by atoms with E-state index in [1.54, 1.807) is 0 Å². The van der Waals surface area contributed by atoms with E-state index in [2.05, 4.69) is 17.1 Å². The summed E-state index contributed by atoms with van der Waals surface area (Å²) in [5.41, 5.74) is 0. The molecule has 0 bridgehead atoms. The molecule has 1 fully saturated rings. The summed E-state index contributed by atoms with van der Waals surface area (Å²) >= 11 is 0. The van der Waals surface area contributed by atoms with Crippen LogP contribution in [-0.2, 0) is 0 Å². The fourth-order valence-electron chi connectivity index (χ4n) is 2.68. The number of benzene rings is 1. The summed E-state index contributed by atoms with van der Waals surface area (Å²) in [6.45, 7) is 8.68. The third-order valence-corrected chi connectivity index (χ3v) is 3.71. The second-order valence-electron chi connectivity index (χ2n) is 5.28. The molecular formula is C16H26N2O. The Morgan fingerprint density at radius 3 is 2.95 bits per heavy atom. The normalized spacial score (nSPS) is 20.4. The quantitative estimate of drug-likeness (QED) is 0.816. The predicted octanol–water partition coefficient (Wildman–Crippen LogP) is 2.39. The maximum absolute atomic E-state index is 5.77. The van der Waals surface area contributed by atoms with Gasteiger partial charge in [-0.2, -0.15) is 0 Å². The third-order valence-electron chi connectivity index (χ3n) is 3.71. The zero-order valence-electron chi connectivity index (χ0n) is 12.0. The van der Waals surface area contributed by atoms with Crippen LogP contribution in [-0.4, -0.2) is 44.2 Å². The van der Waals surface area contributed by atoms with Crippen molar-refractivity contribution in [3.05, 3.63) is 30.3 Å². The number of hydrogen-bond donors (Lipinski definition) is 1. The molecule has 0 saturated carbocycles. The Labute approximate surface area is 116 Å². The molecule has 106 valence electrons. The van der Waals surface area contributed by atoms with Crippen molar-refractivity contribution in [1.29, 1.82) is 0 Å². The summed E-state index contributed by atoms with van der Waals surface area (Å²) in [6.07, 6.45) is 2.68. The molecule has 2 rings (SSSR count). The highest BCUT2D eigenvalue weighted by Crippen LogP contribution is 2.15. The fourth-order valence-corrected chi connectivity index (χ4v) is 2.68. The van der Waals surface area contributed by atoms with Gasteiger partial charge in [-0.25, -0.2) is 0 Å². The number of rotatable bonds is 7. The van der Waals surface area contributed by atoms with Crippen LogP contribution in [0.5, 0.6) is 5.75 Å². The van der Waals surface area contributed by atoms with Gasteiger partial charge >= 0.3 is 0 Å². The van der Waals surface area contributed by atoms with E-state index in [-0.39, 0.29) is 0 Å². The third kappa shape index (κ3) is 5.21. The molecule has 0 aliphatic carbocycles. The first-order chi connectivity index (χ1) is 9.38. The van der Waals surface area contributed by atoms with Crippen LogP contribution in [0.4, 0.5) is 0 Å². The molecule has 0 spiro atoms. The van der Waals surface area contributed by atoms with Gasteiger partial charge in [0.15, 0.2) is 0 Å². The van der Waals surface area contributed by atoms with Gasteiger partial charge in [0.05, 0.1) is 0 Å². The van der Waals surface area contributed by atoms with Crippen molar-refractivity contribution >= 4 is 0 Å². The summed E-state index contributed by atoms with van der Waals surface area (Å²) < 4.78 is 5.77. The van der Waals surface area contributed by atoms with Crippen molar-refractivity contribution in [2.24, 2.45) is 5.92 Å². The molecule has 1 aromatic rings. The molecule has 3 nitrogen and oxygen atoms in total. The molecule has 0 radical (unpaired) electrons. The number of ether oxygens (including phenoxy) is 1. The van der Waals surface area contributed by atoms with E-state index in [9.17, 15) is 0 Å². The summed E-state index contributed by atoms with van der Waals surface area (Å²) in [6, 6.07) is 10.1. The Kier molecular flexibility index (Phi) is 6.18. The number of piperidine rings is 1. The van der Waals surface area contributed by atoms with Crippen LogP contribution in [0.3, 0.4) is 0 Å². The van der Waals surface area contributed by atoms with E-state index < -0.39 is 0 Å². The van der Waals surface area contributed by atoms with Crippen molar-refractivity contribution in [2.45, 2.75) is 19.8 Å². The van der Waals surface area contributed by atoms with Crippen LogP contribution in [0.1, 0.15) is 19.8 Å². The van der Waals surface area contributed by atoms with E-state index in [0.29, 0.717) is 0 Å². The highest BCUT2D eigenvalue weighted by Gasteiger charge is 2.18. The fraction of sp³-hybridized carbons (Fsp3) is 0.625. The van der Waals surface area contributed by atoms with Gasteiger partial charge in [0, 0.05) is 13.1 Å². The largest absolute Gasteiger partial charge is 0.492 e. The van der Waals surface area contributed by atoms with E-state index in [0.717, 1.165) is 37.9 Å². The molecule has 1 N–H and O–H groups in total. The molecule has 1 saturated heterocycles. The number of nitrogens with zero attached hydrogens (tertiary/aromatic N) is 1. The van der Waals surface area contributed by atoms with Crippen molar-refractivity contribution in [2.75, 3.05) is 39.3 Å². The van der Waals surface area contributed by atoms with Gasteiger partial charge in [0.25, 0.3) is 0 Å². The Hall–Kier alpha value is -1.06. The highest BCUT2D eigenvalue weighted by atomic mass is 16.5. The Balaban J connectivity index is 1.65. The molecule has 0 amide bonds. The van der Waals surface area contributed by atoms with Gasteiger partial charge in [-0.05, 0) is 50.5 Å². The van der Waals surface area contributed by atoms with Crippen LogP contribution < -0.4 is 10.1 Å². The van der Waals surface area contributed by atoms with Gasteiger partial charge in [0.1, 0.15) is 12.4 Å². The van der Waals surface area contributed by atoms with Gasteiger partial charge in [-0.15, -0.1) is 0 Å². The summed E-state index contributed by atoms with van der Waals surface area (Å²) in [5, 5.41) is 3.46.